The van der Waals surface area contributed by atoms with E-state index < -0.39 is 0 Å². The van der Waals surface area contributed by atoms with E-state index in [4.69, 9.17) is 5.11 Å². The monoisotopic (exact) mass is 154 g/mol. The first kappa shape index (κ1) is 10.4. The van der Waals surface area contributed by atoms with Gasteiger partial charge in [-0.15, -0.1) is 6.58 Å². The molecule has 0 heterocycles. The van der Waals surface area contributed by atoms with Gasteiger partial charge in [0.15, 0.2) is 0 Å². The third-order valence-electron chi connectivity index (χ3n) is 1.89. The molecule has 0 aromatic rings. The predicted molar refractivity (Wildman–Crippen MR) is 49.4 cm³/mol. The first-order valence-corrected chi connectivity index (χ1v) is 4.09. The van der Waals surface area contributed by atoms with Gasteiger partial charge in [0.05, 0.1) is 0 Å². The summed E-state index contributed by atoms with van der Waals surface area (Å²) in [5.74, 6) is 0.470. The average Bonchev–Trinajstić information content (AvgIpc) is 1.97. The Hall–Kier alpha value is -0.560. The average molecular weight is 154 g/mol. The van der Waals surface area contributed by atoms with Crippen molar-refractivity contribution in [2.24, 2.45) is 5.92 Å². The van der Waals surface area contributed by atoms with E-state index in [0.717, 1.165) is 19.3 Å². The molecule has 0 bridgehead atoms. The van der Waals surface area contributed by atoms with Crippen molar-refractivity contribution >= 4 is 0 Å². The smallest absolute Gasteiger partial charge is 0.0436 e. The molecule has 1 nitrogen and oxygen atoms in total. The number of aliphatic hydroxyl groups is 1. The lowest BCUT2D eigenvalue weighted by Gasteiger charge is -2.13. The normalized spacial score (nSPS) is 12.5. The number of aliphatic hydroxyl groups excluding tert-OH is 1. The summed E-state index contributed by atoms with van der Waals surface area (Å²) < 4.78 is 0. The third kappa shape index (κ3) is 4.79. The largest absolute Gasteiger partial charge is 0.396 e. The lowest BCUT2D eigenvalue weighted by molar-refractivity contribution is 0.263. The molecule has 0 aromatic heterocycles. The molecular weight excluding hydrogens is 136 g/mol. The zero-order valence-corrected chi connectivity index (χ0v) is 7.34. The Labute approximate surface area is 69.4 Å². The van der Waals surface area contributed by atoms with Gasteiger partial charge in [0, 0.05) is 6.61 Å². The summed E-state index contributed by atoms with van der Waals surface area (Å²) in [4.78, 5) is 0. The molecule has 0 aromatic carbocycles. The van der Waals surface area contributed by atoms with Crippen LogP contribution in [0.2, 0.25) is 0 Å². The highest BCUT2D eigenvalue weighted by molar-refractivity contribution is 4.96. The minimum absolute atomic E-state index is 0.259. The van der Waals surface area contributed by atoms with Gasteiger partial charge in [-0.1, -0.05) is 18.2 Å². The van der Waals surface area contributed by atoms with Crippen molar-refractivity contribution in [2.45, 2.75) is 26.2 Å². The van der Waals surface area contributed by atoms with Crippen molar-refractivity contribution in [1.29, 1.82) is 0 Å². The molecule has 11 heavy (non-hydrogen) atoms. The molecule has 0 saturated carbocycles. The van der Waals surface area contributed by atoms with Gasteiger partial charge in [0.1, 0.15) is 0 Å². The van der Waals surface area contributed by atoms with E-state index >= 15 is 0 Å². The fraction of sp³-hybridized carbons (Fsp3) is 0.600. The van der Waals surface area contributed by atoms with Gasteiger partial charge >= 0.3 is 0 Å². The van der Waals surface area contributed by atoms with E-state index in [-0.39, 0.29) is 6.61 Å². The van der Waals surface area contributed by atoms with Crippen LogP contribution < -0.4 is 0 Å². The van der Waals surface area contributed by atoms with Crippen LogP contribution in [0.3, 0.4) is 0 Å². The number of allylic oxidation sites excluding steroid dienone is 2. The van der Waals surface area contributed by atoms with Gasteiger partial charge < -0.3 is 5.11 Å². The molecule has 64 valence electrons. The van der Waals surface area contributed by atoms with E-state index in [1.807, 2.05) is 13.0 Å². The lowest BCUT2D eigenvalue weighted by atomic mass is 9.93. The maximum absolute atomic E-state index is 8.72. The third-order valence-corrected chi connectivity index (χ3v) is 1.89. The topological polar surface area (TPSA) is 20.2 Å². The number of hydrogen-bond acceptors (Lipinski definition) is 1. The van der Waals surface area contributed by atoms with Gasteiger partial charge in [-0.3, -0.25) is 0 Å². The Morgan fingerprint density at radius 1 is 1.55 bits per heavy atom. The van der Waals surface area contributed by atoms with Crippen LogP contribution in [0.1, 0.15) is 26.2 Å². The van der Waals surface area contributed by atoms with Gasteiger partial charge in [-0.2, -0.15) is 0 Å². The van der Waals surface area contributed by atoms with Gasteiger partial charge in [-0.25, -0.2) is 0 Å². The standard InChI is InChI=1S/C10H18O/c1-4-5-6-10(7-8-11)9(2)3/h4,10-11H,1-2,5-8H2,3H3/t10-/m1/s1. The van der Waals surface area contributed by atoms with Crippen molar-refractivity contribution in [1.82, 2.24) is 0 Å². The highest BCUT2D eigenvalue weighted by Gasteiger charge is 2.06. The van der Waals surface area contributed by atoms with E-state index in [1.165, 1.54) is 5.57 Å². The number of rotatable bonds is 6. The van der Waals surface area contributed by atoms with E-state index in [1.54, 1.807) is 0 Å². The van der Waals surface area contributed by atoms with Crippen LogP contribution in [0, 0.1) is 5.92 Å². The molecule has 0 saturated heterocycles. The SMILES string of the molecule is C=CCC[C@H](CCO)C(=C)C. The van der Waals surface area contributed by atoms with E-state index in [9.17, 15) is 0 Å². The molecule has 0 aliphatic carbocycles. The van der Waals surface area contributed by atoms with Crippen LogP contribution in [0.4, 0.5) is 0 Å². The molecule has 1 heteroatoms. The highest BCUT2D eigenvalue weighted by Crippen LogP contribution is 2.18. The molecule has 0 fully saturated rings. The van der Waals surface area contributed by atoms with Crippen molar-refractivity contribution in [3.63, 3.8) is 0 Å². The highest BCUT2D eigenvalue weighted by atomic mass is 16.3. The zero-order valence-electron chi connectivity index (χ0n) is 7.34. The second kappa shape index (κ2) is 6.17. The molecule has 0 aliphatic rings. The Morgan fingerprint density at radius 2 is 2.18 bits per heavy atom. The summed E-state index contributed by atoms with van der Waals surface area (Å²) in [6.07, 6.45) is 4.83. The number of hydrogen-bond donors (Lipinski definition) is 1. The van der Waals surface area contributed by atoms with Crippen LogP contribution in [-0.4, -0.2) is 11.7 Å². The predicted octanol–water partition coefficient (Wildman–Crippen LogP) is 2.53. The molecule has 1 atom stereocenters. The quantitative estimate of drug-likeness (QED) is 0.583. The summed E-state index contributed by atoms with van der Waals surface area (Å²) in [5, 5.41) is 8.72. The van der Waals surface area contributed by atoms with Crippen LogP contribution >= 0.6 is 0 Å². The molecule has 0 aliphatic heterocycles. The molecule has 0 rings (SSSR count). The van der Waals surface area contributed by atoms with Crippen LogP contribution in [0.15, 0.2) is 24.8 Å². The first-order chi connectivity index (χ1) is 5.22. The fourth-order valence-corrected chi connectivity index (χ4v) is 1.11. The maximum atomic E-state index is 8.72. The first-order valence-electron chi connectivity index (χ1n) is 4.09. The van der Waals surface area contributed by atoms with Crippen molar-refractivity contribution < 1.29 is 5.11 Å². The molecule has 0 spiro atoms. The lowest BCUT2D eigenvalue weighted by Crippen LogP contribution is -2.03. The second-order valence-corrected chi connectivity index (χ2v) is 2.92. The van der Waals surface area contributed by atoms with Crippen molar-refractivity contribution in [3.05, 3.63) is 24.8 Å². The molecule has 0 amide bonds. The van der Waals surface area contributed by atoms with E-state index in [0.29, 0.717) is 5.92 Å². The van der Waals surface area contributed by atoms with Crippen LogP contribution in [0.5, 0.6) is 0 Å². The Morgan fingerprint density at radius 3 is 2.55 bits per heavy atom. The summed E-state index contributed by atoms with van der Waals surface area (Å²) in [6, 6.07) is 0. The zero-order chi connectivity index (χ0) is 8.69. The molecule has 0 unspecified atom stereocenters. The van der Waals surface area contributed by atoms with Gasteiger partial charge in [-0.05, 0) is 32.1 Å². The molecular formula is C10H18O. The van der Waals surface area contributed by atoms with Gasteiger partial charge in [0.25, 0.3) is 0 Å². The maximum Gasteiger partial charge on any atom is 0.0436 e. The summed E-state index contributed by atoms with van der Waals surface area (Å²) in [6.45, 7) is 9.82. The minimum Gasteiger partial charge on any atom is -0.396 e. The summed E-state index contributed by atoms with van der Waals surface area (Å²) in [5.41, 5.74) is 1.17. The van der Waals surface area contributed by atoms with Crippen LogP contribution in [-0.2, 0) is 0 Å². The summed E-state index contributed by atoms with van der Waals surface area (Å²) >= 11 is 0. The van der Waals surface area contributed by atoms with Crippen molar-refractivity contribution in [2.75, 3.05) is 6.61 Å². The Balaban J connectivity index is 3.68. The Bertz CT molecular complexity index is 127. The molecule has 1 N–H and O–H groups in total. The Kier molecular flexibility index (Phi) is 5.86. The second-order valence-electron chi connectivity index (χ2n) is 2.92. The van der Waals surface area contributed by atoms with E-state index in [2.05, 4.69) is 13.2 Å². The van der Waals surface area contributed by atoms with Gasteiger partial charge in [0.2, 0.25) is 0 Å². The molecule has 0 radical (unpaired) electrons. The summed E-state index contributed by atoms with van der Waals surface area (Å²) in [7, 11) is 0. The van der Waals surface area contributed by atoms with Crippen molar-refractivity contribution in [3.8, 4) is 0 Å². The fourth-order valence-electron chi connectivity index (χ4n) is 1.11. The van der Waals surface area contributed by atoms with Crippen LogP contribution in [0.25, 0.3) is 0 Å². The minimum atomic E-state index is 0.259.